The molecule has 0 spiro atoms. The van der Waals surface area contributed by atoms with E-state index in [1.165, 1.54) is 19.3 Å². The molecule has 7 heteroatoms. The Labute approximate surface area is 280 Å². The summed E-state index contributed by atoms with van der Waals surface area (Å²) >= 11 is 0. The maximum atomic E-state index is 12.7. The first-order chi connectivity index (χ1) is 21.6. The number of hydrogen-bond acceptors (Lipinski definition) is 6. The minimum Gasteiger partial charge on any atom is -0.460 e. The Morgan fingerprint density at radius 1 is 0.978 bits per heavy atom. The highest BCUT2D eigenvalue weighted by molar-refractivity contribution is 6.74. The van der Waals surface area contributed by atoms with Gasteiger partial charge in [0.1, 0.15) is 19.2 Å². The molecule has 0 aliphatic heterocycles. The Morgan fingerprint density at radius 2 is 1.65 bits per heavy atom. The monoisotopic (exact) mass is 654 g/mol. The van der Waals surface area contributed by atoms with Crippen molar-refractivity contribution in [3.8, 4) is 0 Å². The summed E-state index contributed by atoms with van der Waals surface area (Å²) in [5.41, 5.74) is 1.38. The van der Waals surface area contributed by atoms with Gasteiger partial charge in [-0.05, 0) is 109 Å². The van der Waals surface area contributed by atoms with Gasteiger partial charge in [0.15, 0.2) is 8.32 Å². The molecule has 0 unspecified atom stereocenters. The molecular formula is C39H62O6Si. The second kappa shape index (κ2) is 13.8. The lowest BCUT2D eigenvalue weighted by atomic mass is 9.43. The lowest BCUT2D eigenvalue weighted by Crippen LogP contribution is -2.64. The molecule has 258 valence electrons. The van der Waals surface area contributed by atoms with E-state index in [1.54, 1.807) is 6.92 Å². The molecule has 0 saturated heterocycles. The van der Waals surface area contributed by atoms with Crippen LogP contribution in [-0.4, -0.2) is 45.7 Å². The van der Waals surface area contributed by atoms with Crippen molar-refractivity contribution in [1.29, 1.82) is 0 Å². The summed E-state index contributed by atoms with van der Waals surface area (Å²) in [5, 5.41) is 0.0712. The van der Waals surface area contributed by atoms with Crippen LogP contribution in [0.15, 0.2) is 30.3 Å². The first kappa shape index (κ1) is 35.8. The van der Waals surface area contributed by atoms with Gasteiger partial charge in [-0.1, -0.05) is 71.9 Å². The number of fused-ring (bicyclic) bond motifs is 5. The number of hydrogen-bond donors (Lipinski definition) is 0. The van der Waals surface area contributed by atoms with E-state index >= 15 is 0 Å². The molecule has 0 heterocycles. The van der Waals surface area contributed by atoms with Crippen LogP contribution in [0.25, 0.3) is 0 Å². The van der Waals surface area contributed by atoms with Crippen LogP contribution in [0.4, 0.5) is 0 Å². The molecule has 46 heavy (non-hydrogen) atoms. The standard InChI is InChI=1S/C39H62O6Si/c1-26(19-22-40)29-15-16-30-35-31(17-20-38(29,30)6)39(7)21-18-33(45-46(8,9)37(3,4)5)36(44-27(2)41)32(39)23-34(35)43-25-42-24-28-13-11-10-12-14-28/h10-14,22,26,29-36H,15-21,23-25H2,1-9H3/t26-,29-,30+,31+,32+,33-,34-,35+,36-,38-,39-/m1/s1. The highest BCUT2D eigenvalue weighted by Gasteiger charge is 2.65. The maximum Gasteiger partial charge on any atom is 0.303 e. The molecule has 0 aromatic heterocycles. The third kappa shape index (κ3) is 6.82. The first-order valence-electron chi connectivity index (χ1n) is 18.1. The zero-order chi connectivity index (χ0) is 33.5. The summed E-state index contributed by atoms with van der Waals surface area (Å²) in [5.74, 6) is 2.36. The van der Waals surface area contributed by atoms with Crippen molar-refractivity contribution in [2.24, 2.45) is 46.3 Å². The van der Waals surface area contributed by atoms with E-state index in [9.17, 15) is 9.59 Å². The Balaban J connectivity index is 1.45. The van der Waals surface area contributed by atoms with E-state index in [0.29, 0.717) is 42.6 Å². The Bertz CT molecular complexity index is 1200. The molecular weight excluding hydrogens is 593 g/mol. The second-order valence-corrected chi connectivity index (χ2v) is 22.2. The van der Waals surface area contributed by atoms with Crippen LogP contribution >= 0.6 is 0 Å². The molecule has 4 aliphatic carbocycles. The summed E-state index contributed by atoms with van der Waals surface area (Å²) in [4.78, 5) is 24.3. The van der Waals surface area contributed by atoms with Gasteiger partial charge in [0.05, 0.1) is 18.8 Å². The predicted octanol–water partition coefficient (Wildman–Crippen LogP) is 8.97. The van der Waals surface area contributed by atoms with Crippen molar-refractivity contribution in [3.05, 3.63) is 35.9 Å². The third-order valence-corrected chi connectivity index (χ3v) is 18.4. The maximum absolute atomic E-state index is 12.7. The highest BCUT2D eigenvalue weighted by Crippen LogP contribution is 2.69. The first-order valence-corrected chi connectivity index (χ1v) is 21.0. The van der Waals surface area contributed by atoms with E-state index in [0.717, 1.165) is 37.5 Å². The molecule has 5 rings (SSSR count). The molecule has 1 aromatic carbocycles. The van der Waals surface area contributed by atoms with Crippen molar-refractivity contribution in [2.75, 3.05) is 6.79 Å². The number of aldehydes is 1. The molecule has 4 saturated carbocycles. The molecule has 11 atom stereocenters. The van der Waals surface area contributed by atoms with E-state index in [1.807, 2.05) is 18.2 Å². The lowest BCUT2D eigenvalue weighted by Gasteiger charge is -2.64. The number of ether oxygens (including phenoxy) is 3. The van der Waals surface area contributed by atoms with Crippen LogP contribution in [-0.2, 0) is 34.8 Å². The van der Waals surface area contributed by atoms with Gasteiger partial charge in [-0.2, -0.15) is 0 Å². The molecule has 1 aromatic rings. The highest BCUT2D eigenvalue weighted by atomic mass is 28.4. The fourth-order valence-electron chi connectivity index (χ4n) is 10.6. The fourth-order valence-corrected chi connectivity index (χ4v) is 11.9. The molecule has 6 nitrogen and oxygen atoms in total. The van der Waals surface area contributed by atoms with Crippen LogP contribution < -0.4 is 0 Å². The molecule has 0 bridgehead atoms. The minimum absolute atomic E-state index is 0.0216. The normalized spacial score (nSPS) is 38.3. The smallest absolute Gasteiger partial charge is 0.303 e. The molecule has 0 radical (unpaired) electrons. The average Bonchev–Trinajstić information content (AvgIpc) is 3.34. The molecule has 4 fully saturated rings. The van der Waals surface area contributed by atoms with Crippen LogP contribution in [0.5, 0.6) is 0 Å². The SMILES string of the molecule is CC(=O)O[C@H]1[C@H](O[Si](C)(C)C(C)(C)C)CC[C@@]2(C)[C@H]1C[C@@H](OCOCc1ccccc1)[C@@H]1[C@@H]2CC[C@]2(C)[C@@H]([C@H](C)CC=O)CC[C@@H]12. The lowest BCUT2D eigenvalue weighted by molar-refractivity contribution is -0.236. The van der Waals surface area contributed by atoms with Crippen LogP contribution in [0.1, 0.15) is 105 Å². The van der Waals surface area contributed by atoms with Gasteiger partial charge in [0.2, 0.25) is 0 Å². The van der Waals surface area contributed by atoms with E-state index in [4.69, 9.17) is 18.6 Å². The molecule has 0 amide bonds. The van der Waals surface area contributed by atoms with Crippen molar-refractivity contribution >= 4 is 20.6 Å². The van der Waals surface area contributed by atoms with Crippen LogP contribution in [0, 0.1) is 46.3 Å². The van der Waals surface area contributed by atoms with E-state index in [2.05, 4.69) is 66.8 Å². The van der Waals surface area contributed by atoms with Gasteiger partial charge in [0, 0.05) is 19.3 Å². The van der Waals surface area contributed by atoms with Crippen molar-refractivity contribution in [1.82, 2.24) is 0 Å². The van der Waals surface area contributed by atoms with E-state index in [-0.39, 0.29) is 52.9 Å². The summed E-state index contributed by atoms with van der Waals surface area (Å²) in [6.45, 7) is 21.1. The zero-order valence-corrected chi connectivity index (χ0v) is 31.2. The average molecular weight is 655 g/mol. The van der Waals surface area contributed by atoms with Gasteiger partial charge in [-0.15, -0.1) is 0 Å². The topological polar surface area (TPSA) is 71.1 Å². The summed E-state index contributed by atoms with van der Waals surface area (Å²) in [7, 11) is -2.10. The fraction of sp³-hybridized carbons (Fsp3) is 0.795. The van der Waals surface area contributed by atoms with Gasteiger partial charge in [0.25, 0.3) is 0 Å². The predicted molar refractivity (Wildman–Crippen MR) is 184 cm³/mol. The largest absolute Gasteiger partial charge is 0.460 e. The number of carbonyl (C=O) groups is 2. The number of benzene rings is 1. The Morgan fingerprint density at radius 3 is 2.30 bits per heavy atom. The zero-order valence-electron chi connectivity index (χ0n) is 30.2. The summed E-state index contributed by atoms with van der Waals surface area (Å²) in [6, 6.07) is 10.3. The summed E-state index contributed by atoms with van der Waals surface area (Å²) in [6.07, 6.45) is 9.00. The summed E-state index contributed by atoms with van der Waals surface area (Å²) < 4.78 is 26.4. The van der Waals surface area contributed by atoms with Crippen LogP contribution in [0.3, 0.4) is 0 Å². The van der Waals surface area contributed by atoms with Crippen molar-refractivity contribution < 1.29 is 28.2 Å². The Kier molecular flexibility index (Phi) is 10.7. The van der Waals surface area contributed by atoms with Crippen molar-refractivity contribution in [3.63, 3.8) is 0 Å². The minimum atomic E-state index is -2.10. The Hall–Kier alpha value is -1.54. The molecule has 0 N–H and O–H groups in total. The number of carbonyl (C=O) groups excluding carboxylic acids is 2. The van der Waals surface area contributed by atoms with E-state index < -0.39 is 8.32 Å². The van der Waals surface area contributed by atoms with Gasteiger partial charge < -0.3 is 23.4 Å². The van der Waals surface area contributed by atoms with Crippen molar-refractivity contribution in [2.45, 2.75) is 143 Å². The van der Waals surface area contributed by atoms with Gasteiger partial charge >= 0.3 is 5.97 Å². The number of rotatable bonds is 11. The van der Waals surface area contributed by atoms with Gasteiger partial charge in [-0.3, -0.25) is 4.79 Å². The van der Waals surface area contributed by atoms with Crippen LogP contribution in [0.2, 0.25) is 18.1 Å². The quantitative estimate of drug-likeness (QED) is 0.0780. The second-order valence-electron chi connectivity index (χ2n) is 17.4. The van der Waals surface area contributed by atoms with Gasteiger partial charge in [-0.25, -0.2) is 0 Å². The molecule has 4 aliphatic rings. The number of esters is 1. The third-order valence-electron chi connectivity index (χ3n) is 13.9.